The van der Waals surface area contributed by atoms with Crippen molar-refractivity contribution in [1.82, 2.24) is 9.80 Å². The largest absolute Gasteiger partial charge is 0.497 e. The maximum atomic E-state index is 13.6. The van der Waals surface area contributed by atoms with Crippen molar-refractivity contribution >= 4 is 24.8 Å². The summed E-state index contributed by atoms with van der Waals surface area (Å²) in [6, 6.07) is 17.2. The second-order valence-corrected chi connectivity index (χ2v) is 7.97. The Balaban J connectivity index is 0.00000289. The van der Waals surface area contributed by atoms with Gasteiger partial charge in [-0.05, 0) is 24.1 Å². The highest BCUT2D eigenvalue weighted by Gasteiger charge is 2.64. The van der Waals surface area contributed by atoms with Gasteiger partial charge in [0.1, 0.15) is 11.2 Å². The molecule has 1 amide bonds. The van der Waals surface area contributed by atoms with E-state index in [0.29, 0.717) is 32.6 Å². The molecule has 2 aromatic carbocycles. The van der Waals surface area contributed by atoms with Crippen LogP contribution >= 0.6 is 12.4 Å². The number of nitrogens with zero attached hydrogens (tertiary/aromatic N) is 2. The zero-order chi connectivity index (χ0) is 21.8. The summed E-state index contributed by atoms with van der Waals surface area (Å²) in [5.41, 5.74) is 0.955. The molecule has 4 rings (SSSR count). The molecule has 0 N–H and O–H groups in total. The SMILES string of the molecule is COc1ccc([C@@]2(C(=O)OC(c3ccccc3)N3CCN(C=O)CC3)C[C@@H]2OC)cc1.Cl. The number of rotatable bonds is 8. The van der Waals surface area contributed by atoms with Crippen molar-refractivity contribution < 1.29 is 23.8 Å². The van der Waals surface area contributed by atoms with Gasteiger partial charge in [0.2, 0.25) is 6.41 Å². The smallest absolute Gasteiger partial charge is 0.321 e. The molecule has 1 saturated carbocycles. The minimum absolute atomic E-state index is 0. The summed E-state index contributed by atoms with van der Waals surface area (Å²) in [4.78, 5) is 28.5. The highest BCUT2D eigenvalue weighted by molar-refractivity contribution is 5.88. The van der Waals surface area contributed by atoms with Crippen molar-refractivity contribution in [3.05, 3.63) is 65.7 Å². The molecule has 32 heavy (non-hydrogen) atoms. The molecule has 2 aromatic rings. The molecule has 3 atom stereocenters. The predicted molar refractivity (Wildman–Crippen MR) is 122 cm³/mol. The van der Waals surface area contributed by atoms with Crippen LogP contribution in [-0.2, 0) is 24.5 Å². The van der Waals surface area contributed by atoms with Crippen molar-refractivity contribution in [2.75, 3.05) is 40.4 Å². The number of carbonyl (C=O) groups is 2. The Kier molecular flexibility index (Phi) is 7.77. The van der Waals surface area contributed by atoms with Gasteiger partial charge in [-0.2, -0.15) is 0 Å². The van der Waals surface area contributed by atoms with Crippen LogP contribution in [0.5, 0.6) is 5.75 Å². The standard InChI is InChI=1S/C24H28N2O5.ClH/c1-29-20-10-8-19(9-11-20)24(16-21(24)30-2)23(28)31-22(18-6-4-3-5-7-18)26-14-12-25(17-27)13-15-26;/h3-11,17,21-22H,12-16H2,1-2H3;1H/t21-,22?,24-;/m0./s1. The van der Waals surface area contributed by atoms with Gasteiger partial charge in [-0.3, -0.25) is 14.5 Å². The molecule has 0 radical (unpaired) electrons. The maximum Gasteiger partial charge on any atom is 0.321 e. The average molecular weight is 461 g/mol. The maximum absolute atomic E-state index is 13.6. The highest BCUT2D eigenvalue weighted by atomic mass is 35.5. The fourth-order valence-corrected chi connectivity index (χ4v) is 4.30. The number of benzene rings is 2. The molecule has 8 heteroatoms. The zero-order valence-corrected chi connectivity index (χ0v) is 19.1. The Labute approximate surface area is 194 Å². The lowest BCUT2D eigenvalue weighted by Gasteiger charge is -2.38. The Morgan fingerprint density at radius 1 is 1.03 bits per heavy atom. The van der Waals surface area contributed by atoms with Crippen molar-refractivity contribution in [2.45, 2.75) is 24.2 Å². The summed E-state index contributed by atoms with van der Waals surface area (Å²) >= 11 is 0. The third kappa shape index (κ3) is 4.60. The van der Waals surface area contributed by atoms with Gasteiger partial charge < -0.3 is 19.1 Å². The molecule has 0 spiro atoms. The topological polar surface area (TPSA) is 68.3 Å². The third-order valence-corrected chi connectivity index (χ3v) is 6.28. The quantitative estimate of drug-likeness (QED) is 0.445. The summed E-state index contributed by atoms with van der Waals surface area (Å²) in [6.45, 7) is 2.48. The first kappa shape index (κ1) is 24.0. The Morgan fingerprint density at radius 3 is 2.22 bits per heavy atom. The minimum atomic E-state index is -0.821. The van der Waals surface area contributed by atoms with E-state index in [1.165, 1.54) is 0 Å². The lowest BCUT2D eigenvalue weighted by molar-refractivity contribution is -0.167. The highest BCUT2D eigenvalue weighted by Crippen LogP contribution is 2.52. The van der Waals surface area contributed by atoms with Crippen LogP contribution in [-0.4, -0.2) is 68.7 Å². The number of halogens is 1. The molecule has 172 valence electrons. The number of methoxy groups -OCH3 is 2. The monoisotopic (exact) mass is 460 g/mol. The molecule has 1 saturated heterocycles. The van der Waals surface area contributed by atoms with Crippen LogP contribution in [0.2, 0.25) is 0 Å². The minimum Gasteiger partial charge on any atom is -0.497 e. The predicted octanol–water partition coefficient (Wildman–Crippen LogP) is 2.79. The van der Waals surface area contributed by atoms with Gasteiger partial charge in [0, 0.05) is 38.9 Å². The number of carbonyl (C=O) groups excluding carboxylic acids is 2. The first-order valence-electron chi connectivity index (χ1n) is 10.5. The first-order chi connectivity index (χ1) is 15.1. The van der Waals surface area contributed by atoms with E-state index in [0.717, 1.165) is 23.3 Å². The van der Waals surface area contributed by atoms with E-state index >= 15 is 0 Å². The zero-order valence-electron chi connectivity index (χ0n) is 18.3. The summed E-state index contributed by atoms with van der Waals surface area (Å²) in [7, 11) is 3.24. The molecule has 7 nitrogen and oxygen atoms in total. The van der Waals surface area contributed by atoms with Gasteiger partial charge in [-0.25, -0.2) is 0 Å². The Bertz CT molecular complexity index is 902. The molecule has 2 fully saturated rings. The van der Waals surface area contributed by atoms with Crippen LogP contribution in [0.4, 0.5) is 0 Å². The van der Waals surface area contributed by atoms with Gasteiger partial charge in [0.15, 0.2) is 6.23 Å². The van der Waals surface area contributed by atoms with Gasteiger partial charge in [-0.15, -0.1) is 12.4 Å². The molecule has 0 aromatic heterocycles. The van der Waals surface area contributed by atoms with Gasteiger partial charge in [0.25, 0.3) is 0 Å². The number of esters is 1. The molecule has 1 aliphatic heterocycles. The molecule has 1 aliphatic carbocycles. The van der Waals surface area contributed by atoms with Crippen LogP contribution in [0.3, 0.4) is 0 Å². The van der Waals surface area contributed by atoms with Crippen LogP contribution in [0.1, 0.15) is 23.8 Å². The van der Waals surface area contributed by atoms with E-state index in [2.05, 4.69) is 4.90 Å². The Hall–Kier alpha value is -2.61. The molecule has 0 bridgehead atoms. The lowest BCUT2D eigenvalue weighted by atomic mass is 9.95. The molecule has 1 heterocycles. The Morgan fingerprint density at radius 2 is 1.69 bits per heavy atom. The molecule has 1 unspecified atom stereocenters. The summed E-state index contributed by atoms with van der Waals surface area (Å²) in [5, 5.41) is 0. The average Bonchev–Trinajstić information content (AvgIpc) is 3.59. The van der Waals surface area contributed by atoms with Crippen molar-refractivity contribution in [1.29, 1.82) is 0 Å². The second-order valence-electron chi connectivity index (χ2n) is 7.97. The van der Waals surface area contributed by atoms with E-state index in [-0.39, 0.29) is 24.5 Å². The van der Waals surface area contributed by atoms with Crippen molar-refractivity contribution in [2.24, 2.45) is 0 Å². The van der Waals surface area contributed by atoms with E-state index in [9.17, 15) is 9.59 Å². The van der Waals surface area contributed by atoms with Gasteiger partial charge in [-0.1, -0.05) is 42.5 Å². The van der Waals surface area contributed by atoms with E-state index < -0.39 is 11.6 Å². The third-order valence-electron chi connectivity index (χ3n) is 6.28. The molecular weight excluding hydrogens is 432 g/mol. The van der Waals surface area contributed by atoms with E-state index in [4.69, 9.17) is 14.2 Å². The first-order valence-corrected chi connectivity index (χ1v) is 10.5. The lowest BCUT2D eigenvalue weighted by Crippen LogP contribution is -2.48. The van der Waals surface area contributed by atoms with E-state index in [1.54, 1.807) is 19.1 Å². The summed E-state index contributed by atoms with van der Waals surface area (Å²) in [5.74, 6) is 0.438. The van der Waals surface area contributed by atoms with E-state index in [1.807, 2.05) is 54.6 Å². The fourth-order valence-electron chi connectivity index (χ4n) is 4.30. The summed E-state index contributed by atoms with van der Waals surface area (Å²) < 4.78 is 17.0. The number of hydrogen-bond acceptors (Lipinski definition) is 6. The second kappa shape index (κ2) is 10.3. The number of hydrogen-bond donors (Lipinski definition) is 0. The molecular formula is C24H29ClN2O5. The number of amides is 1. The van der Waals surface area contributed by atoms with Crippen LogP contribution in [0.25, 0.3) is 0 Å². The van der Waals surface area contributed by atoms with Crippen molar-refractivity contribution in [3.63, 3.8) is 0 Å². The fraction of sp³-hybridized carbons (Fsp3) is 0.417. The normalized spacial score (nSPS) is 23.6. The summed E-state index contributed by atoms with van der Waals surface area (Å²) in [6.07, 6.45) is 0.703. The van der Waals surface area contributed by atoms with Crippen LogP contribution in [0.15, 0.2) is 54.6 Å². The van der Waals surface area contributed by atoms with Gasteiger partial charge >= 0.3 is 5.97 Å². The van der Waals surface area contributed by atoms with Crippen LogP contribution < -0.4 is 4.74 Å². The molecule has 2 aliphatic rings. The van der Waals surface area contributed by atoms with Crippen molar-refractivity contribution in [3.8, 4) is 5.75 Å². The van der Waals surface area contributed by atoms with Gasteiger partial charge in [0.05, 0.1) is 13.2 Å². The number of piperazine rings is 1. The number of ether oxygens (including phenoxy) is 3. The van der Waals surface area contributed by atoms with Crippen LogP contribution in [0, 0.1) is 0 Å².